The third-order valence-electron chi connectivity index (χ3n) is 4.79. The smallest absolute Gasteiger partial charge is 0.239 e. The van der Waals surface area contributed by atoms with Gasteiger partial charge in [0.15, 0.2) is 0 Å². The quantitative estimate of drug-likeness (QED) is 0.582. The zero-order chi connectivity index (χ0) is 20.8. The predicted octanol–water partition coefficient (Wildman–Crippen LogP) is 5.26. The van der Waals surface area contributed by atoms with Crippen LogP contribution >= 0.6 is 11.8 Å². The molecule has 1 unspecified atom stereocenters. The lowest BCUT2D eigenvalue weighted by atomic mass is 10.1. The molecule has 0 spiro atoms. The van der Waals surface area contributed by atoms with Crippen molar-refractivity contribution in [2.24, 2.45) is 0 Å². The van der Waals surface area contributed by atoms with E-state index in [0.29, 0.717) is 6.54 Å². The Morgan fingerprint density at radius 1 is 1.00 bits per heavy atom. The lowest BCUT2D eigenvalue weighted by molar-refractivity contribution is -0.117. The lowest BCUT2D eigenvalue weighted by Gasteiger charge is -2.25. The molecule has 0 bridgehead atoms. The van der Waals surface area contributed by atoms with Crippen molar-refractivity contribution in [1.82, 2.24) is 0 Å². The van der Waals surface area contributed by atoms with Gasteiger partial charge in [-0.15, -0.1) is 11.8 Å². The van der Waals surface area contributed by atoms with Crippen LogP contribution < -0.4 is 10.2 Å². The lowest BCUT2D eigenvalue weighted by Crippen LogP contribution is -2.37. The van der Waals surface area contributed by atoms with E-state index in [9.17, 15) is 9.59 Å². The fourth-order valence-electron chi connectivity index (χ4n) is 3.21. The Hall–Kier alpha value is -2.79. The molecule has 0 saturated heterocycles. The second kappa shape index (κ2) is 9.61. The number of anilines is 2. The summed E-state index contributed by atoms with van der Waals surface area (Å²) in [7, 11) is 0. The first-order valence-electron chi connectivity index (χ1n) is 9.77. The number of carbonyl (C=O) groups excluding carboxylic acids is 2. The van der Waals surface area contributed by atoms with E-state index in [0.717, 1.165) is 27.7 Å². The van der Waals surface area contributed by atoms with E-state index in [-0.39, 0.29) is 22.8 Å². The Bertz CT molecular complexity index is 996. The van der Waals surface area contributed by atoms with Crippen LogP contribution in [0.4, 0.5) is 11.4 Å². The second-order valence-corrected chi connectivity index (χ2v) is 8.28. The average molecular weight is 407 g/mol. The predicted molar refractivity (Wildman–Crippen MR) is 124 cm³/mol. The van der Waals surface area contributed by atoms with Gasteiger partial charge in [0.1, 0.15) is 0 Å². The molecule has 4 nitrogen and oxygen atoms in total. The summed E-state index contributed by atoms with van der Waals surface area (Å²) >= 11 is 1.36. The zero-order valence-electron chi connectivity index (χ0n) is 17.0. The first-order valence-corrected chi connectivity index (χ1v) is 10.8. The van der Waals surface area contributed by atoms with Crippen molar-refractivity contribution in [2.45, 2.75) is 26.0 Å². The number of nitrogens with one attached hydrogen (secondary N) is 1. The van der Waals surface area contributed by atoms with Crippen molar-refractivity contribution in [3.8, 4) is 0 Å². The molecule has 1 N–H and O–H groups in total. The summed E-state index contributed by atoms with van der Waals surface area (Å²) < 4.78 is 0. The standard InChI is InChI=1S/C24H26N2O2S/c1-4-26(22-11-7-9-19-8-5-6-10-21(19)22)24(28)18(3)29-16-23(27)25-20-14-12-17(2)13-15-20/h5-15,18H,4,16H2,1-3H3,(H,25,27). The van der Waals surface area contributed by atoms with Gasteiger partial charge in [0, 0.05) is 17.6 Å². The van der Waals surface area contributed by atoms with E-state index >= 15 is 0 Å². The number of fused-ring (bicyclic) bond motifs is 1. The molecule has 29 heavy (non-hydrogen) atoms. The number of benzene rings is 3. The van der Waals surface area contributed by atoms with Gasteiger partial charge in [-0.1, -0.05) is 54.1 Å². The maximum Gasteiger partial charge on any atom is 0.239 e. The van der Waals surface area contributed by atoms with E-state index in [1.807, 2.05) is 87.5 Å². The van der Waals surface area contributed by atoms with Gasteiger partial charge >= 0.3 is 0 Å². The Morgan fingerprint density at radius 2 is 1.69 bits per heavy atom. The van der Waals surface area contributed by atoms with Crippen molar-refractivity contribution in [2.75, 3.05) is 22.5 Å². The largest absolute Gasteiger partial charge is 0.325 e. The van der Waals surface area contributed by atoms with Crippen molar-refractivity contribution >= 4 is 45.7 Å². The van der Waals surface area contributed by atoms with E-state index in [4.69, 9.17) is 0 Å². The van der Waals surface area contributed by atoms with Crippen LogP contribution in [0.2, 0.25) is 0 Å². The number of thioether (sulfide) groups is 1. The van der Waals surface area contributed by atoms with Gasteiger partial charge in [-0.2, -0.15) is 0 Å². The number of hydrogen-bond donors (Lipinski definition) is 1. The molecule has 0 aliphatic heterocycles. The highest BCUT2D eigenvalue weighted by molar-refractivity contribution is 8.01. The molecule has 5 heteroatoms. The van der Waals surface area contributed by atoms with Crippen molar-refractivity contribution in [3.63, 3.8) is 0 Å². The number of nitrogens with zero attached hydrogens (tertiary/aromatic N) is 1. The summed E-state index contributed by atoms with van der Waals surface area (Å²) in [5.74, 6) is 0.136. The molecule has 1 atom stereocenters. The first-order chi connectivity index (χ1) is 14.0. The SMILES string of the molecule is CCN(C(=O)C(C)SCC(=O)Nc1ccc(C)cc1)c1cccc2ccccc12. The van der Waals surface area contributed by atoms with Gasteiger partial charge in [0.05, 0.1) is 16.7 Å². The molecule has 0 aliphatic rings. The maximum atomic E-state index is 13.1. The van der Waals surface area contributed by atoms with Crippen LogP contribution in [-0.4, -0.2) is 29.4 Å². The molecule has 0 fully saturated rings. The van der Waals surface area contributed by atoms with Gasteiger partial charge in [-0.05, 0) is 44.4 Å². The molecule has 150 valence electrons. The Morgan fingerprint density at radius 3 is 2.41 bits per heavy atom. The molecule has 0 aromatic heterocycles. The molecule has 3 aromatic carbocycles. The topological polar surface area (TPSA) is 49.4 Å². The molecule has 0 heterocycles. The van der Waals surface area contributed by atoms with Gasteiger partial charge in [0.25, 0.3) is 0 Å². The molecule has 2 amide bonds. The van der Waals surface area contributed by atoms with Crippen LogP contribution in [0.25, 0.3) is 10.8 Å². The van der Waals surface area contributed by atoms with Crippen LogP contribution in [0.5, 0.6) is 0 Å². The van der Waals surface area contributed by atoms with Crippen LogP contribution in [0.3, 0.4) is 0 Å². The minimum Gasteiger partial charge on any atom is -0.325 e. The highest BCUT2D eigenvalue weighted by Gasteiger charge is 2.23. The van der Waals surface area contributed by atoms with Gasteiger partial charge in [-0.3, -0.25) is 9.59 Å². The molecular weight excluding hydrogens is 380 g/mol. The molecule has 0 aliphatic carbocycles. The summed E-state index contributed by atoms with van der Waals surface area (Å²) in [5, 5.41) is 4.72. The summed E-state index contributed by atoms with van der Waals surface area (Å²) in [6.07, 6.45) is 0. The number of rotatable bonds is 7. The van der Waals surface area contributed by atoms with Crippen molar-refractivity contribution < 1.29 is 9.59 Å². The summed E-state index contributed by atoms with van der Waals surface area (Å²) in [6, 6.07) is 21.7. The molecular formula is C24H26N2O2S. The Labute approximate surface area is 176 Å². The Balaban J connectivity index is 1.64. The van der Waals surface area contributed by atoms with Gasteiger partial charge in [-0.25, -0.2) is 0 Å². The van der Waals surface area contributed by atoms with Crippen LogP contribution in [0.1, 0.15) is 19.4 Å². The molecule has 3 aromatic rings. The summed E-state index contributed by atoms with van der Waals surface area (Å²) in [6.45, 7) is 6.42. The van der Waals surface area contributed by atoms with Crippen LogP contribution in [-0.2, 0) is 9.59 Å². The van der Waals surface area contributed by atoms with Crippen molar-refractivity contribution in [1.29, 1.82) is 0 Å². The van der Waals surface area contributed by atoms with E-state index in [2.05, 4.69) is 5.32 Å². The van der Waals surface area contributed by atoms with Crippen LogP contribution in [0.15, 0.2) is 66.7 Å². The van der Waals surface area contributed by atoms with E-state index in [1.54, 1.807) is 4.90 Å². The fourth-order valence-corrected chi connectivity index (χ4v) is 3.96. The van der Waals surface area contributed by atoms with Crippen molar-refractivity contribution in [3.05, 3.63) is 72.3 Å². The highest BCUT2D eigenvalue weighted by atomic mass is 32.2. The number of carbonyl (C=O) groups is 2. The third kappa shape index (κ3) is 5.18. The Kier molecular flexibility index (Phi) is 6.94. The highest BCUT2D eigenvalue weighted by Crippen LogP contribution is 2.28. The zero-order valence-corrected chi connectivity index (χ0v) is 17.8. The number of aryl methyl sites for hydroxylation is 1. The molecule has 0 radical (unpaired) electrons. The van der Waals surface area contributed by atoms with Gasteiger partial charge < -0.3 is 10.2 Å². The minimum absolute atomic E-state index is 0.0111. The van der Waals surface area contributed by atoms with Crippen LogP contribution in [0, 0.1) is 6.92 Å². The second-order valence-electron chi connectivity index (χ2n) is 6.95. The molecule has 3 rings (SSSR count). The third-order valence-corrected chi connectivity index (χ3v) is 5.92. The normalized spacial score (nSPS) is 11.8. The van der Waals surface area contributed by atoms with E-state index < -0.39 is 0 Å². The van der Waals surface area contributed by atoms with Gasteiger partial charge in [0.2, 0.25) is 11.8 Å². The minimum atomic E-state index is -0.322. The number of amides is 2. The maximum absolute atomic E-state index is 13.1. The van der Waals surface area contributed by atoms with E-state index in [1.165, 1.54) is 11.8 Å². The fraction of sp³-hybridized carbons (Fsp3) is 0.250. The first kappa shape index (κ1) is 20.9. The summed E-state index contributed by atoms with van der Waals surface area (Å²) in [4.78, 5) is 27.2. The average Bonchev–Trinajstić information content (AvgIpc) is 2.74. The summed E-state index contributed by atoms with van der Waals surface area (Å²) in [5.41, 5.74) is 2.82. The number of hydrogen-bond acceptors (Lipinski definition) is 3. The monoisotopic (exact) mass is 406 g/mol. The molecule has 0 saturated carbocycles.